The molecule has 0 amide bonds. The lowest BCUT2D eigenvalue weighted by Gasteiger charge is -2.22. The van der Waals surface area contributed by atoms with Crippen molar-refractivity contribution in [2.75, 3.05) is 31.7 Å². The van der Waals surface area contributed by atoms with E-state index in [0.717, 1.165) is 13.2 Å². The number of hydrogen-bond donors (Lipinski definition) is 0. The summed E-state index contributed by atoms with van der Waals surface area (Å²) < 4.78 is 11.6. The van der Waals surface area contributed by atoms with Gasteiger partial charge in [0.15, 0.2) is 0 Å². The van der Waals surface area contributed by atoms with Crippen LogP contribution in [0.1, 0.15) is 47.5 Å². The second-order valence-corrected chi connectivity index (χ2v) is 10.0. The maximum absolute atomic E-state index is 5.78. The van der Waals surface area contributed by atoms with Crippen LogP contribution < -0.4 is 0 Å². The standard InChI is InChI=1S/C13H31O2PSi/c1-6-14-17(15-7-2)13(5)11-10-12-16(8-3)9-4/h13,17H,6-12H2,1-5H3. The zero-order chi connectivity index (χ0) is 13.1. The molecule has 0 aliphatic heterocycles. The van der Waals surface area contributed by atoms with Gasteiger partial charge < -0.3 is 8.85 Å². The van der Waals surface area contributed by atoms with Crippen LogP contribution in [0.25, 0.3) is 0 Å². The fraction of sp³-hybridized carbons (Fsp3) is 1.00. The van der Waals surface area contributed by atoms with E-state index in [1.54, 1.807) is 0 Å². The first-order valence-electron chi connectivity index (χ1n) is 7.14. The summed E-state index contributed by atoms with van der Waals surface area (Å²) in [5.41, 5.74) is 0.653. The van der Waals surface area contributed by atoms with Crippen molar-refractivity contribution in [2.45, 2.75) is 53.0 Å². The Balaban J connectivity index is 3.83. The Morgan fingerprint density at radius 2 is 1.53 bits per heavy atom. The monoisotopic (exact) mass is 278 g/mol. The smallest absolute Gasteiger partial charge is 0.324 e. The predicted molar refractivity (Wildman–Crippen MR) is 81.9 cm³/mol. The Kier molecular flexibility index (Phi) is 12.0. The third-order valence-corrected chi connectivity index (χ3v) is 8.48. The van der Waals surface area contributed by atoms with E-state index in [1.807, 2.05) is 0 Å². The molecule has 0 saturated heterocycles. The van der Waals surface area contributed by atoms with Crippen LogP contribution in [0.3, 0.4) is 0 Å². The van der Waals surface area contributed by atoms with Crippen molar-refractivity contribution >= 4 is 17.2 Å². The van der Waals surface area contributed by atoms with Gasteiger partial charge >= 0.3 is 9.28 Å². The van der Waals surface area contributed by atoms with Crippen LogP contribution in [0.5, 0.6) is 0 Å². The molecule has 0 aliphatic rings. The molecular weight excluding hydrogens is 247 g/mol. The molecule has 0 aliphatic carbocycles. The summed E-state index contributed by atoms with van der Waals surface area (Å²) in [4.78, 5) is 0. The molecule has 0 aromatic heterocycles. The third-order valence-electron chi connectivity index (χ3n) is 3.15. The topological polar surface area (TPSA) is 18.5 Å². The molecular formula is C13H31O2PSi. The lowest BCUT2D eigenvalue weighted by molar-refractivity contribution is 0.204. The van der Waals surface area contributed by atoms with Crippen molar-refractivity contribution in [3.63, 3.8) is 0 Å². The number of hydrogen-bond acceptors (Lipinski definition) is 2. The van der Waals surface area contributed by atoms with Crippen LogP contribution >= 0.6 is 7.92 Å². The van der Waals surface area contributed by atoms with E-state index < -0.39 is 9.28 Å². The highest BCUT2D eigenvalue weighted by molar-refractivity contribution is 7.57. The minimum absolute atomic E-state index is 0.312. The van der Waals surface area contributed by atoms with Gasteiger partial charge in [-0.1, -0.05) is 20.8 Å². The maximum atomic E-state index is 5.78. The lowest BCUT2D eigenvalue weighted by atomic mass is 10.3. The zero-order valence-electron chi connectivity index (χ0n) is 12.4. The molecule has 0 aromatic carbocycles. The van der Waals surface area contributed by atoms with E-state index in [9.17, 15) is 0 Å². The Hall–Kier alpha value is 0.567. The molecule has 0 N–H and O–H groups in total. The van der Waals surface area contributed by atoms with Crippen molar-refractivity contribution < 1.29 is 8.85 Å². The van der Waals surface area contributed by atoms with E-state index in [-0.39, 0.29) is 0 Å². The first-order chi connectivity index (χ1) is 8.19. The van der Waals surface area contributed by atoms with Crippen molar-refractivity contribution in [2.24, 2.45) is 0 Å². The molecule has 0 bridgehead atoms. The largest absolute Gasteiger partial charge is 0.397 e. The van der Waals surface area contributed by atoms with Gasteiger partial charge in [-0.3, -0.25) is 0 Å². The highest BCUT2D eigenvalue weighted by atomic mass is 31.1. The summed E-state index contributed by atoms with van der Waals surface area (Å²) in [6, 6.07) is 0. The summed E-state index contributed by atoms with van der Waals surface area (Å²) in [5, 5.41) is 0. The van der Waals surface area contributed by atoms with Gasteiger partial charge in [0.2, 0.25) is 0 Å². The third kappa shape index (κ3) is 8.31. The van der Waals surface area contributed by atoms with E-state index in [0.29, 0.717) is 13.5 Å². The minimum atomic E-state index is -1.40. The van der Waals surface area contributed by atoms with Crippen LogP contribution in [-0.4, -0.2) is 41.0 Å². The van der Waals surface area contributed by atoms with Crippen molar-refractivity contribution in [1.29, 1.82) is 0 Å². The van der Waals surface area contributed by atoms with Gasteiger partial charge in [-0.05, 0) is 50.7 Å². The second-order valence-electron chi connectivity index (χ2n) is 4.43. The minimum Gasteiger partial charge on any atom is -0.397 e. The van der Waals surface area contributed by atoms with E-state index in [2.05, 4.69) is 34.6 Å². The van der Waals surface area contributed by atoms with Crippen LogP contribution in [0.4, 0.5) is 0 Å². The normalized spacial score (nSPS) is 13.6. The molecule has 0 aromatic rings. The maximum Gasteiger partial charge on any atom is 0.324 e. The summed E-state index contributed by atoms with van der Waals surface area (Å²) in [6.45, 7) is 12.7. The van der Waals surface area contributed by atoms with Gasteiger partial charge in [0, 0.05) is 13.2 Å². The van der Waals surface area contributed by atoms with E-state index in [4.69, 9.17) is 8.85 Å². The van der Waals surface area contributed by atoms with Crippen LogP contribution in [-0.2, 0) is 8.85 Å². The fourth-order valence-electron chi connectivity index (χ4n) is 2.02. The molecule has 0 spiro atoms. The van der Waals surface area contributed by atoms with Crippen molar-refractivity contribution in [1.82, 2.24) is 0 Å². The summed E-state index contributed by atoms with van der Waals surface area (Å²) in [7, 11) is -1.09. The first-order valence-corrected chi connectivity index (χ1v) is 10.7. The highest BCUT2D eigenvalue weighted by Crippen LogP contribution is 2.36. The SMILES string of the molecule is CCO[SiH](OCC)C(C)CCCP(CC)CC. The van der Waals surface area contributed by atoms with Crippen LogP contribution in [0, 0.1) is 0 Å². The van der Waals surface area contributed by atoms with Crippen molar-refractivity contribution in [3.05, 3.63) is 0 Å². The molecule has 2 nitrogen and oxygen atoms in total. The molecule has 0 fully saturated rings. The molecule has 1 atom stereocenters. The molecule has 17 heavy (non-hydrogen) atoms. The average molecular weight is 278 g/mol. The van der Waals surface area contributed by atoms with Crippen LogP contribution in [0.2, 0.25) is 5.54 Å². The lowest BCUT2D eigenvalue weighted by Crippen LogP contribution is -2.28. The Morgan fingerprint density at radius 3 is 1.94 bits per heavy atom. The summed E-state index contributed by atoms with van der Waals surface area (Å²) in [6.07, 6.45) is 6.86. The molecule has 4 heteroatoms. The zero-order valence-corrected chi connectivity index (χ0v) is 14.4. The first kappa shape index (κ1) is 17.6. The van der Waals surface area contributed by atoms with Gasteiger partial charge in [0.25, 0.3) is 0 Å². The van der Waals surface area contributed by atoms with Gasteiger partial charge in [-0.2, -0.15) is 0 Å². The van der Waals surface area contributed by atoms with Crippen LogP contribution in [0.15, 0.2) is 0 Å². The predicted octanol–water partition coefficient (Wildman–Crippen LogP) is 3.97. The van der Waals surface area contributed by atoms with E-state index in [1.165, 1.54) is 31.3 Å². The van der Waals surface area contributed by atoms with Gasteiger partial charge in [0.05, 0.1) is 0 Å². The van der Waals surface area contributed by atoms with Crippen molar-refractivity contribution in [3.8, 4) is 0 Å². The Bertz CT molecular complexity index is 159. The summed E-state index contributed by atoms with van der Waals surface area (Å²) >= 11 is 0. The number of rotatable bonds is 11. The second kappa shape index (κ2) is 11.6. The molecule has 0 saturated carbocycles. The highest BCUT2D eigenvalue weighted by Gasteiger charge is 2.21. The Labute approximate surface area is 111 Å². The summed E-state index contributed by atoms with van der Waals surface area (Å²) in [5.74, 6) is 0. The molecule has 0 radical (unpaired) electrons. The average Bonchev–Trinajstić information content (AvgIpc) is 2.34. The fourth-order valence-corrected chi connectivity index (χ4v) is 5.65. The Morgan fingerprint density at radius 1 is 1.00 bits per heavy atom. The van der Waals surface area contributed by atoms with Gasteiger partial charge in [-0.15, -0.1) is 7.92 Å². The van der Waals surface area contributed by atoms with Gasteiger partial charge in [0.1, 0.15) is 0 Å². The quantitative estimate of drug-likeness (QED) is 0.420. The molecule has 1 unspecified atom stereocenters. The molecule has 0 heterocycles. The molecule has 104 valence electrons. The molecule has 0 rings (SSSR count). The van der Waals surface area contributed by atoms with E-state index >= 15 is 0 Å². The van der Waals surface area contributed by atoms with Gasteiger partial charge in [-0.25, -0.2) is 0 Å².